The maximum absolute atomic E-state index is 13.8. The fourth-order valence-corrected chi connectivity index (χ4v) is 2.01. The van der Waals surface area contributed by atoms with Gasteiger partial charge in [-0.15, -0.1) is 0 Å². The Hall–Kier alpha value is -1.21. The van der Waals surface area contributed by atoms with Gasteiger partial charge in [-0.05, 0) is 45.4 Å². The van der Waals surface area contributed by atoms with Crippen molar-refractivity contribution in [2.24, 2.45) is 0 Å². The molecule has 0 aliphatic rings. The molecule has 130 valence electrons. The van der Waals surface area contributed by atoms with Gasteiger partial charge in [-0.1, -0.05) is 28.1 Å². The summed E-state index contributed by atoms with van der Waals surface area (Å²) in [6.07, 6.45) is -0.849. The standard InChI is InChI=1S/C16H23BrF2N2O2/c1-11(12-5-7-13(17)8-6-12)20-9-16(18,19)10-21-14(22)23-15(2,3)4/h5-8,11,20H,9-10H2,1-4H3,(H,21,22). The Labute approximate surface area is 144 Å². The van der Waals surface area contributed by atoms with E-state index in [0.29, 0.717) is 0 Å². The molecule has 1 unspecified atom stereocenters. The Kier molecular flexibility index (Phi) is 6.95. The van der Waals surface area contributed by atoms with Crippen molar-refractivity contribution < 1.29 is 18.3 Å². The highest BCUT2D eigenvalue weighted by Gasteiger charge is 2.30. The summed E-state index contributed by atoms with van der Waals surface area (Å²) in [7, 11) is 0. The van der Waals surface area contributed by atoms with E-state index in [1.165, 1.54) is 0 Å². The van der Waals surface area contributed by atoms with Gasteiger partial charge in [0, 0.05) is 10.5 Å². The largest absolute Gasteiger partial charge is 0.444 e. The zero-order chi connectivity index (χ0) is 17.7. The fraction of sp³-hybridized carbons (Fsp3) is 0.562. The van der Waals surface area contributed by atoms with Crippen molar-refractivity contribution in [3.8, 4) is 0 Å². The van der Waals surface area contributed by atoms with E-state index in [0.717, 1.165) is 10.0 Å². The second kappa shape index (κ2) is 8.06. The molecule has 0 saturated carbocycles. The number of halogens is 3. The van der Waals surface area contributed by atoms with Gasteiger partial charge in [0.2, 0.25) is 0 Å². The molecule has 1 aromatic rings. The van der Waals surface area contributed by atoms with Gasteiger partial charge < -0.3 is 15.4 Å². The third kappa shape index (κ3) is 8.27. The number of amides is 1. The first-order valence-corrected chi connectivity index (χ1v) is 8.11. The maximum Gasteiger partial charge on any atom is 0.407 e. The van der Waals surface area contributed by atoms with E-state index in [4.69, 9.17) is 4.74 Å². The lowest BCUT2D eigenvalue weighted by molar-refractivity contribution is -0.00525. The minimum absolute atomic E-state index is 0.226. The summed E-state index contributed by atoms with van der Waals surface area (Å²) < 4.78 is 33.5. The highest BCUT2D eigenvalue weighted by atomic mass is 79.9. The topological polar surface area (TPSA) is 50.4 Å². The molecule has 0 saturated heterocycles. The van der Waals surface area contributed by atoms with Crippen molar-refractivity contribution in [1.29, 1.82) is 0 Å². The van der Waals surface area contributed by atoms with E-state index in [-0.39, 0.29) is 6.04 Å². The van der Waals surface area contributed by atoms with Crippen LogP contribution in [0.15, 0.2) is 28.7 Å². The fourth-order valence-electron chi connectivity index (χ4n) is 1.75. The Morgan fingerprint density at radius 1 is 1.22 bits per heavy atom. The van der Waals surface area contributed by atoms with E-state index in [2.05, 4.69) is 26.6 Å². The average molecular weight is 393 g/mol. The first-order chi connectivity index (χ1) is 10.5. The van der Waals surface area contributed by atoms with Gasteiger partial charge in [0.1, 0.15) is 5.60 Å². The van der Waals surface area contributed by atoms with Crippen LogP contribution in [0.4, 0.5) is 13.6 Å². The van der Waals surface area contributed by atoms with Crippen LogP contribution < -0.4 is 10.6 Å². The van der Waals surface area contributed by atoms with Gasteiger partial charge in [-0.25, -0.2) is 13.6 Å². The monoisotopic (exact) mass is 392 g/mol. The summed E-state index contributed by atoms with van der Waals surface area (Å²) in [6.45, 7) is 5.51. The van der Waals surface area contributed by atoms with E-state index in [1.807, 2.05) is 24.3 Å². The average Bonchev–Trinajstić information content (AvgIpc) is 2.42. The molecule has 23 heavy (non-hydrogen) atoms. The summed E-state index contributed by atoms with van der Waals surface area (Å²) in [4.78, 5) is 11.4. The molecule has 4 nitrogen and oxygen atoms in total. The molecule has 0 aliphatic heterocycles. The van der Waals surface area contributed by atoms with Crippen molar-refractivity contribution in [1.82, 2.24) is 10.6 Å². The number of carbonyl (C=O) groups is 1. The lowest BCUT2D eigenvalue weighted by Gasteiger charge is -2.23. The van der Waals surface area contributed by atoms with E-state index < -0.39 is 30.7 Å². The summed E-state index contributed by atoms with van der Waals surface area (Å²) in [5.41, 5.74) is 0.192. The van der Waals surface area contributed by atoms with E-state index in [1.54, 1.807) is 27.7 Å². The van der Waals surface area contributed by atoms with Crippen molar-refractivity contribution in [3.05, 3.63) is 34.3 Å². The lowest BCUT2D eigenvalue weighted by atomic mass is 10.1. The second-order valence-electron chi connectivity index (χ2n) is 6.37. The van der Waals surface area contributed by atoms with Crippen molar-refractivity contribution in [2.75, 3.05) is 13.1 Å². The molecular formula is C16H23BrF2N2O2. The number of hydrogen-bond donors (Lipinski definition) is 2. The molecule has 1 atom stereocenters. The Bertz CT molecular complexity index is 516. The van der Waals surface area contributed by atoms with Crippen LogP contribution in [-0.2, 0) is 4.74 Å². The molecule has 0 spiro atoms. The van der Waals surface area contributed by atoms with Crippen LogP contribution in [0.25, 0.3) is 0 Å². The molecule has 0 aromatic heterocycles. The maximum atomic E-state index is 13.8. The molecule has 2 N–H and O–H groups in total. The molecule has 1 rings (SSSR count). The normalized spacial score (nSPS) is 13.5. The van der Waals surface area contributed by atoms with Crippen LogP contribution in [0.1, 0.15) is 39.3 Å². The van der Waals surface area contributed by atoms with E-state index in [9.17, 15) is 13.6 Å². The SMILES string of the molecule is CC(NCC(F)(F)CNC(=O)OC(C)(C)C)c1ccc(Br)cc1. The number of ether oxygens (including phenoxy) is 1. The third-order valence-electron chi connectivity index (χ3n) is 2.93. The Morgan fingerprint density at radius 3 is 2.30 bits per heavy atom. The molecule has 0 aliphatic carbocycles. The summed E-state index contributed by atoms with van der Waals surface area (Å²) in [6, 6.07) is 7.21. The molecular weight excluding hydrogens is 370 g/mol. The smallest absolute Gasteiger partial charge is 0.407 e. The van der Waals surface area contributed by atoms with Crippen LogP contribution >= 0.6 is 15.9 Å². The first-order valence-electron chi connectivity index (χ1n) is 7.32. The highest BCUT2D eigenvalue weighted by Crippen LogP contribution is 2.18. The first kappa shape index (κ1) is 19.8. The quantitative estimate of drug-likeness (QED) is 0.760. The van der Waals surface area contributed by atoms with Crippen molar-refractivity contribution >= 4 is 22.0 Å². The molecule has 7 heteroatoms. The number of nitrogens with one attached hydrogen (secondary N) is 2. The number of alkyl carbamates (subject to hydrolysis) is 1. The molecule has 0 heterocycles. The third-order valence-corrected chi connectivity index (χ3v) is 3.46. The predicted molar refractivity (Wildman–Crippen MR) is 89.7 cm³/mol. The summed E-state index contributed by atoms with van der Waals surface area (Å²) >= 11 is 3.33. The summed E-state index contributed by atoms with van der Waals surface area (Å²) in [5.74, 6) is -3.07. The van der Waals surface area contributed by atoms with Gasteiger partial charge in [0.05, 0.1) is 13.1 Å². The number of carbonyl (C=O) groups excluding carboxylic acids is 1. The zero-order valence-electron chi connectivity index (χ0n) is 13.8. The Morgan fingerprint density at radius 2 is 1.78 bits per heavy atom. The van der Waals surface area contributed by atoms with Gasteiger partial charge in [-0.2, -0.15) is 0 Å². The highest BCUT2D eigenvalue weighted by molar-refractivity contribution is 9.10. The van der Waals surface area contributed by atoms with Gasteiger partial charge in [-0.3, -0.25) is 0 Å². The van der Waals surface area contributed by atoms with E-state index >= 15 is 0 Å². The van der Waals surface area contributed by atoms with Gasteiger partial charge in [0.25, 0.3) is 5.92 Å². The van der Waals surface area contributed by atoms with Crippen LogP contribution in [0.5, 0.6) is 0 Å². The van der Waals surface area contributed by atoms with Crippen LogP contribution in [0.3, 0.4) is 0 Å². The zero-order valence-corrected chi connectivity index (χ0v) is 15.3. The van der Waals surface area contributed by atoms with Crippen LogP contribution in [0.2, 0.25) is 0 Å². The van der Waals surface area contributed by atoms with Crippen molar-refractivity contribution in [2.45, 2.75) is 45.3 Å². The van der Waals surface area contributed by atoms with Gasteiger partial charge in [0.15, 0.2) is 0 Å². The van der Waals surface area contributed by atoms with Crippen LogP contribution in [-0.4, -0.2) is 30.7 Å². The number of benzene rings is 1. The second-order valence-corrected chi connectivity index (χ2v) is 7.28. The minimum atomic E-state index is -3.07. The van der Waals surface area contributed by atoms with Gasteiger partial charge >= 0.3 is 6.09 Å². The van der Waals surface area contributed by atoms with Crippen LogP contribution in [0, 0.1) is 0 Å². The summed E-state index contributed by atoms with van der Waals surface area (Å²) in [5, 5.41) is 4.87. The molecule has 0 bridgehead atoms. The van der Waals surface area contributed by atoms with Crippen molar-refractivity contribution in [3.63, 3.8) is 0 Å². The number of hydrogen-bond acceptors (Lipinski definition) is 3. The minimum Gasteiger partial charge on any atom is -0.444 e. The molecule has 1 aromatic carbocycles. The molecule has 0 fully saturated rings. The molecule has 1 amide bonds. The number of rotatable bonds is 6. The Balaban J connectivity index is 2.42. The molecule has 0 radical (unpaired) electrons. The number of alkyl halides is 2. The predicted octanol–water partition coefficient (Wildman–Crippen LogP) is 4.26. The lowest BCUT2D eigenvalue weighted by Crippen LogP contribution is -2.45.